The molecule has 2 aromatic rings. The Bertz CT molecular complexity index is 685. The van der Waals surface area contributed by atoms with Gasteiger partial charge in [-0.05, 0) is 44.2 Å². The molecule has 3 nitrogen and oxygen atoms in total. The SMILES string of the molecule is Cc1ccc(CN(C)CCC(=O)Nc2ccccc2Cl)c(C)c1. The highest BCUT2D eigenvalue weighted by atomic mass is 35.5. The summed E-state index contributed by atoms with van der Waals surface area (Å²) in [5.74, 6) is -0.0226. The van der Waals surface area contributed by atoms with Gasteiger partial charge in [0.2, 0.25) is 5.91 Å². The number of carbonyl (C=O) groups is 1. The van der Waals surface area contributed by atoms with E-state index in [1.54, 1.807) is 12.1 Å². The third-order valence-corrected chi connectivity index (χ3v) is 4.14. The van der Waals surface area contributed by atoms with Crippen molar-refractivity contribution in [3.05, 3.63) is 64.2 Å². The van der Waals surface area contributed by atoms with Crippen LogP contribution in [-0.4, -0.2) is 24.4 Å². The van der Waals surface area contributed by atoms with Crippen LogP contribution in [-0.2, 0) is 11.3 Å². The van der Waals surface area contributed by atoms with Gasteiger partial charge in [0.05, 0.1) is 10.7 Å². The summed E-state index contributed by atoms with van der Waals surface area (Å²) in [7, 11) is 2.03. The highest BCUT2D eigenvalue weighted by Gasteiger charge is 2.08. The fourth-order valence-corrected chi connectivity index (χ4v) is 2.64. The summed E-state index contributed by atoms with van der Waals surface area (Å²) in [6.45, 7) is 5.76. The number of nitrogens with zero attached hydrogens (tertiary/aromatic N) is 1. The molecular weight excluding hydrogens is 308 g/mol. The first-order valence-corrected chi connectivity index (χ1v) is 8.12. The van der Waals surface area contributed by atoms with E-state index in [1.165, 1.54) is 16.7 Å². The highest BCUT2D eigenvalue weighted by molar-refractivity contribution is 6.33. The van der Waals surface area contributed by atoms with Gasteiger partial charge in [-0.1, -0.05) is 47.5 Å². The summed E-state index contributed by atoms with van der Waals surface area (Å²) < 4.78 is 0. The van der Waals surface area contributed by atoms with Crippen molar-refractivity contribution < 1.29 is 4.79 Å². The summed E-state index contributed by atoms with van der Waals surface area (Å²) in [5.41, 5.74) is 4.52. The highest BCUT2D eigenvalue weighted by Crippen LogP contribution is 2.20. The third-order valence-electron chi connectivity index (χ3n) is 3.81. The maximum atomic E-state index is 12.0. The van der Waals surface area contributed by atoms with Crippen LogP contribution in [0.4, 0.5) is 5.69 Å². The molecule has 0 unspecified atom stereocenters. The summed E-state index contributed by atoms with van der Waals surface area (Å²) in [6.07, 6.45) is 0.437. The van der Waals surface area contributed by atoms with Crippen molar-refractivity contribution in [2.75, 3.05) is 18.9 Å². The minimum absolute atomic E-state index is 0.0226. The molecule has 4 heteroatoms. The maximum absolute atomic E-state index is 12.0. The molecular formula is C19H23ClN2O. The lowest BCUT2D eigenvalue weighted by Crippen LogP contribution is -2.24. The summed E-state index contributed by atoms with van der Waals surface area (Å²) in [5, 5.41) is 3.41. The predicted octanol–water partition coefficient (Wildman–Crippen LogP) is 4.42. The Labute approximate surface area is 143 Å². The molecule has 0 saturated carbocycles. The van der Waals surface area contributed by atoms with Gasteiger partial charge in [0.1, 0.15) is 0 Å². The fourth-order valence-electron chi connectivity index (χ4n) is 2.46. The van der Waals surface area contributed by atoms with Gasteiger partial charge >= 0.3 is 0 Å². The Morgan fingerprint density at radius 2 is 1.91 bits per heavy atom. The smallest absolute Gasteiger partial charge is 0.225 e. The maximum Gasteiger partial charge on any atom is 0.225 e. The van der Waals surface area contributed by atoms with Crippen LogP contribution in [0.25, 0.3) is 0 Å². The molecule has 1 amide bonds. The molecule has 0 heterocycles. The number of benzene rings is 2. The van der Waals surface area contributed by atoms with E-state index in [2.05, 4.69) is 42.3 Å². The van der Waals surface area contributed by atoms with Gasteiger partial charge < -0.3 is 10.2 Å². The van der Waals surface area contributed by atoms with Crippen molar-refractivity contribution in [1.82, 2.24) is 4.90 Å². The van der Waals surface area contributed by atoms with Gasteiger partial charge in [-0.3, -0.25) is 4.79 Å². The molecule has 0 aliphatic heterocycles. The lowest BCUT2D eigenvalue weighted by Gasteiger charge is -2.18. The molecule has 0 bridgehead atoms. The molecule has 2 rings (SSSR count). The zero-order valence-electron chi connectivity index (χ0n) is 13.9. The van der Waals surface area contributed by atoms with Crippen LogP contribution in [0.1, 0.15) is 23.1 Å². The van der Waals surface area contributed by atoms with Gasteiger partial charge in [0.15, 0.2) is 0 Å². The van der Waals surface area contributed by atoms with Crippen LogP contribution in [0.5, 0.6) is 0 Å². The Hall–Kier alpha value is -1.84. The first-order chi connectivity index (χ1) is 11.0. The zero-order chi connectivity index (χ0) is 16.8. The average molecular weight is 331 g/mol. The molecule has 122 valence electrons. The zero-order valence-corrected chi connectivity index (χ0v) is 14.7. The van der Waals surface area contributed by atoms with Crippen LogP contribution in [0.2, 0.25) is 5.02 Å². The van der Waals surface area contributed by atoms with Gasteiger partial charge in [-0.2, -0.15) is 0 Å². The van der Waals surface area contributed by atoms with Crippen LogP contribution >= 0.6 is 11.6 Å². The average Bonchev–Trinajstić information content (AvgIpc) is 2.50. The van der Waals surface area contributed by atoms with E-state index < -0.39 is 0 Å². The van der Waals surface area contributed by atoms with Crippen molar-refractivity contribution in [3.63, 3.8) is 0 Å². The van der Waals surface area contributed by atoms with Crippen LogP contribution in [0, 0.1) is 13.8 Å². The second-order valence-electron chi connectivity index (χ2n) is 5.95. The van der Waals surface area contributed by atoms with Crippen molar-refractivity contribution in [2.45, 2.75) is 26.8 Å². The Kier molecular flexibility index (Phi) is 6.20. The number of nitrogens with one attached hydrogen (secondary N) is 1. The number of amides is 1. The largest absolute Gasteiger partial charge is 0.325 e. The van der Waals surface area contributed by atoms with Crippen LogP contribution in [0.15, 0.2) is 42.5 Å². The van der Waals surface area contributed by atoms with Gasteiger partial charge in [0.25, 0.3) is 0 Å². The normalized spacial score (nSPS) is 10.8. The molecule has 0 aromatic heterocycles. The van der Waals surface area contributed by atoms with E-state index in [-0.39, 0.29) is 5.91 Å². The first-order valence-electron chi connectivity index (χ1n) is 7.75. The molecule has 0 spiro atoms. The minimum Gasteiger partial charge on any atom is -0.325 e. The molecule has 0 aliphatic carbocycles. The topological polar surface area (TPSA) is 32.3 Å². The monoisotopic (exact) mass is 330 g/mol. The van der Waals surface area contributed by atoms with Gasteiger partial charge in [-0.25, -0.2) is 0 Å². The van der Waals surface area contributed by atoms with E-state index in [9.17, 15) is 4.79 Å². The number of para-hydroxylation sites is 1. The molecule has 0 saturated heterocycles. The van der Waals surface area contributed by atoms with Crippen molar-refractivity contribution in [1.29, 1.82) is 0 Å². The Morgan fingerprint density at radius 1 is 1.17 bits per heavy atom. The number of hydrogen-bond acceptors (Lipinski definition) is 2. The van der Waals surface area contributed by atoms with E-state index in [0.717, 1.165) is 6.54 Å². The van der Waals surface area contributed by atoms with Crippen LogP contribution in [0.3, 0.4) is 0 Å². The number of rotatable bonds is 6. The summed E-state index contributed by atoms with van der Waals surface area (Å²) >= 11 is 6.04. The summed E-state index contributed by atoms with van der Waals surface area (Å²) in [6, 6.07) is 13.7. The van der Waals surface area contributed by atoms with E-state index >= 15 is 0 Å². The summed E-state index contributed by atoms with van der Waals surface area (Å²) in [4.78, 5) is 14.2. The van der Waals surface area contributed by atoms with E-state index in [0.29, 0.717) is 23.7 Å². The molecule has 0 radical (unpaired) electrons. The van der Waals surface area contributed by atoms with E-state index in [1.807, 2.05) is 19.2 Å². The molecule has 1 N–H and O–H groups in total. The van der Waals surface area contributed by atoms with E-state index in [4.69, 9.17) is 11.6 Å². The number of hydrogen-bond donors (Lipinski definition) is 1. The second-order valence-corrected chi connectivity index (χ2v) is 6.35. The lowest BCUT2D eigenvalue weighted by molar-refractivity contribution is -0.116. The van der Waals surface area contributed by atoms with Crippen molar-refractivity contribution >= 4 is 23.2 Å². The Morgan fingerprint density at radius 3 is 2.61 bits per heavy atom. The lowest BCUT2D eigenvalue weighted by atomic mass is 10.1. The Balaban J connectivity index is 1.83. The van der Waals surface area contributed by atoms with Crippen molar-refractivity contribution in [3.8, 4) is 0 Å². The van der Waals surface area contributed by atoms with Gasteiger partial charge in [0, 0.05) is 19.5 Å². The standard InChI is InChI=1S/C19H23ClN2O/c1-14-8-9-16(15(2)12-14)13-22(3)11-10-19(23)21-18-7-5-4-6-17(18)20/h4-9,12H,10-11,13H2,1-3H3,(H,21,23). The second kappa shape index (κ2) is 8.14. The number of aryl methyl sites for hydroxylation is 2. The molecule has 0 aliphatic rings. The number of halogens is 1. The molecule has 0 atom stereocenters. The predicted molar refractivity (Wildman–Crippen MR) is 96.9 cm³/mol. The van der Waals surface area contributed by atoms with Crippen LogP contribution < -0.4 is 5.32 Å². The third kappa shape index (κ3) is 5.38. The first kappa shape index (κ1) is 17.5. The quantitative estimate of drug-likeness (QED) is 0.850. The van der Waals surface area contributed by atoms with Crippen molar-refractivity contribution in [2.24, 2.45) is 0 Å². The van der Waals surface area contributed by atoms with Gasteiger partial charge in [-0.15, -0.1) is 0 Å². The molecule has 0 fully saturated rings. The fraction of sp³-hybridized carbons (Fsp3) is 0.316. The number of carbonyl (C=O) groups excluding carboxylic acids is 1. The molecule has 2 aromatic carbocycles. The number of anilines is 1. The molecule has 23 heavy (non-hydrogen) atoms. The minimum atomic E-state index is -0.0226.